The van der Waals surface area contributed by atoms with Crippen molar-refractivity contribution >= 4 is 40.5 Å². The van der Waals surface area contributed by atoms with E-state index in [0.29, 0.717) is 5.56 Å². The highest BCUT2D eigenvalue weighted by molar-refractivity contribution is 7.10. The molecular weight excluding hydrogens is 310 g/mol. The molecule has 1 aromatic heterocycles. The fourth-order valence-corrected chi connectivity index (χ4v) is 3.11. The SMILES string of the molecule is CCc1csc(C)c1C(=O)Nc1cc(C(=O)[O-])ccc1Cl. The van der Waals surface area contributed by atoms with Crippen LogP contribution in [0.3, 0.4) is 0 Å². The number of nitrogens with one attached hydrogen (secondary N) is 1. The Morgan fingerprint density at radius 3 is 2.71 bits per heavy atom. The first kappa shape index (κ1) is 15.5. The van der Waals surface area contributed by atoms with Gasteiger partial charge in [-0.3, -0.25) is 4.79 Å². The first-order valence-electron chi connectivity index (χ1n) is 6.33. The molecule has 4 nitrogen and oxygen atoms in total. The van der Waals surface area contributed by atoms with Gasteiger partial charge in [-0.2, -0.15) is 0 Å². The van der Waals surface area contributed by atoms with Crippen LogP contribution in [0.25, 0.3) is 0 Å². The summed E-state index contributed by atoms with van der Waals surface area (Å²) in [7, 11) is 0. The van der Waals surface area contributed by atoms with Crippen molar-refractivity contribution in [1.82, 2.24) is 0 Å². The highest BCUT2D eigenvalue weighted by Crippen LogP contribution is 2.27. The van der Waals surface area contributed by atoms with E-state index in [1.807, 2.05) is 19.2 Å². The van der Waals surface area contributed by atoms with E-state index in [1.165, 1.54) is 29.5 Å². The number of halogens is 1. The van der Waals surface area contributed by atoms with Crippen LogP contribution in [0.5, 0.6) is 0 Å². The van der Waals surface area contributed by atoms with Gasteiger partial charge in [0.25, 0.3) is 5.91 Å². The molecule has 1 aromatic carbocycles. The fraction of sp³-hybridized carbons (Fsp3) is 0.200. The van der Waals surface area contributed by atoms with Crippen LogP contribution in [0.1, 0.15) is 38.1 Å². The monoisotopic (exact) mass is 322 g/mol. The lowest BCUT2D eigenvalue weighted by atomic mass is 10.1. The molecule has 21 heavy (non-hydrogen) atoms. The summed E-state index contributed by atoms with van der Waals surface area (Å²) in [6.45, 7) is 3.85. The third-order valence-corrected chi connectivity index (χ3v) is 4.40. The van der Waals surface area contributed by atoms with E-state index in [0.717, 1.165) is 16.9 Å². The summed E-state index contributed by atoms with van der Waals surface area (Å²) in [4.78, 5) is 24.2. The van der Waals surface area contributed by atoms with E-state index in [2.05, 4.69) is 5.32 Å². The highest BCUT2D eigenvalue weighted by atomic mass is 35.5. The topological polar surface area (TPSA) is 69.2 Å². The normalized spacial score (nSPS) is 10.4. The van der Waals surface area contributed by atoms with Crippen LogP contribution >= 0.6 is 22.9 Å². The molecule has 0 saturated heterocycles. The van der Waals surface area contributed by atoms with Gasteiger partial charge < -0.3 is 15.2 Å². The standard InChI is InChI=1S/C15H14ClNO3S/c1-3-9-7-21-8(2)13(9)14(18)17-12-6-10(15(19)20)4-5-11(12)16/h4-7H,3H2,1-2H3,(H,17,18)(H,19,20)/p-1. The van der Waals surface area contributed by atoms with Crippen LogP contribution in [-0.4, -0.2) is 11.9 Å². The molecule has 6 heteroatoms. The van der Waals surface area contributed by atoms with Crippen molar-refractivity contribution in [3.8, 4) is 0 Å². The van der Waals surface area contributed by atoms with E-state index < -0.39 is 5.97 Å². The van der Waals surface area contributed by atoms with Gasteiger partial charge in [-0.25, -0.2) is 0 Å². The second-order valence-corrected chi connectivity index (χ2v) is 5.97. The third-order valence-electron chi connectivity index (χ3n) is 3.11. The molecule has 1 N–H and O–H groups in total. The number of aryl methyl sites for hydroxylation is 2. The maximum atomic E-state index is 12.4. The van der Waals surface area contributed by atoms with Gasteiger partial charge in [0.2, 0.25) is 0 Å². The Morgan fingerprint density at radius 1 is 1.38 bits per heavy atom. The second-order valence-electron chi connectivity index (χ2n) is 4.48. The molecule has 0 radical (unpaired) electrons. The van der Waals surface area contributed by atoms with Gasteiger partial charge in [0, 0.05) is 4.88 Å². The lowest BCUT2D eigenvalue weighted by molar-refractivity contribution is -0.255. The number of rotatable bonds is 4. The lowest BCUT2D eigenvalue weighted by Crippen LogP contribution is -2.22. The van der Waals surface area contributed by atoms with Crippen molar-refractivity contribution in [3.63, 3.8) is 0 Å². The molecule has 0 aliphatic rings. The van der Waals surface area contributed by atoms with Gasteiger partial charge >= 0.3 is 0 Å². The van der Waals surface area contributed by atoms with Gasteiger partial charge in [-0.05, 0) is 42.0 Å². The summed E-state index contributed by atoms with van der Waals surface area (Å²) in [5, 5.41) is 15.8. The molecule has 0 bridgehead atoms. The number of anilines is 1. The van der Waals surface area contributed by atoms with E-state index in [4.69, 9.17) is 11.6 Å². The minimum Gasteiger partial charge on any atom is -0.545 e. The summed E-state index contributed by atoms with van der Waals surface area (Å²) >= 11 is 7.50. The minimum absolute atomic E-state index is 0.0348. The number of aromatic carboxylic acids is 1. The smallest absolute Gasteiger partial charge is 0.257 e. The predicted octanol–water partition coefficient (Wildman–Crippen LogP) is 2.89. The molecule has 0 atom stereocenters. The van der Waals surface area contributed by atoms with E-state index in [9.17, 15) is 14.7 Å². The number of thiophene rings is 1. The summed E-state index contributed by atoms with van der Waals surface area (Å²) in [6, 6.07) is 4.05. The molecule has 0 fully saturated rings. The zero-order valence-corrected chi connectivity index (χ0v) is 13.1. The number of amides is 1. The zero-order valence-electron chi connectivity index (χ0n) is 11.5. The first-order valence-corrected chi connectivity index (χ1v) is 7.59. The van der Waals surface area contributed by atoms with Crippen LogP contribution in [0.2, 0.25) is 5.02 Å². The van der Waals surface area contributed by atoms with Gasteiger partial charge in [0.05, 0.1) is 22.2 Å². The largest absolute Gasteiger partial charge is 0.545 e. The van der Waals surface area contributed by atoms with Gasteiger partial charge in [-0.15, -0.1) is 11.3 Å². The number of hydrogen-bond acceptors (Lipinski definition) is 4. The third kappa shape index (κ3) is 3.25. The number of carbonyl (C=O) groups is 2. The zero-order chi connectivity index (χ0) is 15.6. The van der Waals surface area contributed by atoms with E-state index in [1.54, 1.807) is 0 Å². The lowest BCUT2D eigenvalue weighted by Gasteiger charge is -2.11. The second kappa shape index (κ2) is 6.28. The molecule has 1 amide bonds. The van der Waals surface area contributed by atoms with Crippen LogP contribution in [0.15, 0.2) is 23.6 Å². The van der Waals surface area contributed by atoms with Gasteiger partial charge in [0.15, 0.2) is 0 Å². The number of carboxylic acid groups (broad SMARTS) is 1. The summed E-state index contributed by atoms with van der Waals surface area (Å²) in [5.41, 5.74) is 1.81. The van der Waals surface area contributed by atoms with E-state index in [-0.39, 0.29) is 22.2 Å². The Hall–Kier alpha value is -1.85. The van der Waals surface area contributed by atoms with Crippen LogP contribution in [0.4, 0.5) is 5.69 Å². The summed E-state index contributed by atoms with van der Waals surface area (Å²) < 4.78 is 0. The Bertz CT molecular complexity index is 709. The molecule has 110 valence electrons. The average molecular weight is 323 g/mol. The van der Waals surface area contributed by atoms with Gasteiger partial charge in [0.1, 0.15) is 0 Å². The number of carboxylic acids is 1. The van der Waals surface area contributed by atoms with Crippen molar-refractivity contribution in [2.24, 2.45) is 0 Å². The summed E-state index contributed by atoms with van der Waals surface area (Å²) in [5.74, 6) is -1.61. The first-order chi connectivity index (χ1) is 9.93. The molecule has 2 aromatic rings. The van der Waals surface area contributed by atoms with Gasteiger partial charge in [-0.1, -0.05) is 24.6 Å². The van der Waals surface area contributed by atoms with Crippen LogP contribution in [0, 0.1) is 6.92 Å². The maximum Gasteiger partial charge on any atom is 0.257 e. The van der Waals surface area contributed by atoms with Crippen molar-refractivity contribution in [1.29, 1.82) is 0 Å². The Kier molecular flexibility index (Phi) is 4.65. The van der Waals surface area contributed by atoms with Crippen molar-refractivity contribution in [3.05, 3.63) is 50.2 Å². The minimum atomic E-state index is -1.32. The molecular formula is C15H13ClNO3S-. The molecule has 0 saturated carbocycles. The molecule has 1 heterocycles. The van der Waals surface area contributed by atoms with Crippen LogP contribution in [-0.2, 0) is 6.42 Å². The molecule has 0 spiro atoms. The van der Waals surface area contributed by atoms with Crippen molar-refractivity contribution in [2.75, 3.05) is 5.32 Å². The van der Waals surface area contributed by atoms with Crippen molar-refractivity contribution < 1.29 is 14.7 Å². The van der Waals surface area contributed by atoms with E-state index >= 15 is 0 Å². The molecule has 0 unspecified atom stereocenters. The molecule has 0 aliphatic heterocycles. The van der Waals surface area contributed by atoms with Crippen LogP contribution < -0.4 is 10.4 Å². The quantitative estimate of drug-likeness (QED) is 0.941. The Labute approximate surface area is 131 Å². The Morgan fingerprint density at radius 2 is 2.10 bits per heavy atom. The molecule has 0 aliphatic carbocycles. The highest BCUT2D eigenvalue weighted by Gasteiger charge is 2.17. The predicted molar refractivity (Wildman–Crippen MR) is 82.2 cm³/mol. The van der Waals surface area contributed by atoms with Crippen molar-refractivity contribution in [2.45, 2.75) is 20.3 Å². The number of benzene rings is 1. The summed E-state index contributed by atoms with van der Waals surface area (Å²) in [6.07, 6.45) is 0.750. The average Bonchev–Trinajstić information content (AvgIpc) is 2.82. The Balaban J connectivity index is 2.33. The fourth-order valence-electron chi connectivity index (χ4n) is 2.00. The molecule has 2 rings (SSSR count). The maximum absolute atomic E-state index is 12.4. The number of carbonyl (C=O) groups excluding carboxylic acids is 2. The number of hydrogen-bond donors (Lipinski definition) is 1.